The van der Waals surface area contributed by atoms with Crippen molar-refractivity contribution in [3.05, 3.63) is 0 Å². The first-order chi connectivity index (χ1) is 8.17. The molecule has 1 unspecified atom stereocenters. The summed E-state index contributed by atoms with van der Waals surface area (Å²) in [4.78, 5) is 14.0. The molecule has 5 heteroatoms. The summed E-state index contributed by atoms with van der Waals surface area (Å²) in [6, 6.07) is -0.222. The summed E-state index contributed by atoms with van der Waals surface area (Å²) in [5.74, 6) is 0.119. The first kappa shape index (κ1) is 12.8. The number of rotatable bonds is 4. The summed E-state index contributed by atoms with van der Waals surface area (Å²) < 4.78 is 5.23. The Labute approximate surface area is 102 Å². The van der Waals surface area contributed by atoms with Gasteiger partial charge in [0.05, 0.1) is 25.9 Å². The number of aliphatic hydroxyl groups excluding tert-OH is 1. The molecule has 1 heterocycles. The molecule has 1 aliphatic heterocycles. The van der Waals surface area contributed by atoms with Gasteiger partial charge in [0.2, 0.25) is 5.91 Å². The molecule has 98 valence electrons. The summed E-state index contributed by atoms with van der Waals surface area (Å²) in [5.41, 5.74) is -0.207. The van der Waals surface area contributed by atoms with E-state index in [1.165, 1.54) is 0 Å². The summed E-state index contributed by atoms with van der Waals surface area (Å²) >= 11 is 0. The second kappa shape index (κ2) is 5.33. The molecule has 2 fully saturated rings. The smallest absolute Gasteiger partial charge is 0.239 e. The van der Waals surface area contributed by atoms with Gasteiger partial charge in [0.15, 0.2) is 0 Å². The molecule has 1 saturated carbocycles. The fourth-order valence-corrected chi connectivity index (χ4v) is 2.53. The molecule has 0 radical (unpaired) electrons. The lowest BCUT2D eigenvalue weighted by molar-refractivity contribution is -0.138. The summed E-state index contributed by atoms with van der Waals surface area (Å²) in [6.45, 7) is 4.61. The number of morpholine rings is 1. The lowest BCUT2D eigenvalue weighted by atomic mass is 9.77. The third-order valence-electron chi connectivity index (χ3n) is 3.83. The van der Waals surface area contributed by atoms with E-state index < -0.39 is 0 Å². The lowest BCUT2D eigenvalue weighted by Crippen LogP contribution is -2.61. The van der Waals surface area contributed by atoms with Crippen LogP contribution in [0.2, 0.25) is 0 Å². The Hall–Kier alpha value is -0.650. The van der Waals surface area contributed by atoms with Gasteiger partial charge in [-0.25, -0.2) is 0 Å². The van der Waals surface area contributed by atoms with Crippen molar-refractivity contribution in [1.29, 1.82) is 0 Å². The Morgan fingerprint density at radius 2 is 2.12 bits per heavy atom. The Morgan fingerprint density at radius 1 is 1.47 bits per heavy atom. The topological polar surface area (TPSA) is 61.8 Å². The molecular weight excluding hydrogens is 220 g/mol. The Bertz CT molecular complexity index is 267. The van der Waals surface area contributed by atoms with Crippen molar-refractivity contribution in [3.63, 3.8) is 0 Å². The van der Waals surface area contributed by atoms with Gasteiger partial charge in [-0.15, -0.1) is 0 Å². The van der Waals surface area contributed by atoms with Crippen molar-refractivity contribution in [3.8, 4) is 0 Å². The van der Waals surface area contributed by atoms with Gasteiger partial charge in [-0.3, -0.25) is 10.1 Å². The molecule has 1 saturated heterocycles. The minimum Gasteiger partial charge on any atom is -0.394 e. The van der Waals surface area contributed by atoms with E-state index in [4.69, 9.17) is 4.74 Å². The first-order valence-electron chi connectivity index (χ1n) is 6.42. The van der Waals surface area contributed by atoms with E-state index >= 15 is 0 Å². The number of hydrogen-bond acceptors (Lipinski definition) is 4. The zero-order chi connectivity index (χ0) is 12.3. The molecule has 0 bridgehead atoms. The van der Waals surface area contributed by atoms with Crippen LogP contribution in [0, 0.1) is 0 Å². The average Bonchev–Trinajstić information content (AvgIpc) is 2.33. The van der Waals surface area contributed by atoms with Gasteiger partial charge in [-0.05, 0) is 26.2 Å². The van der Waals surface area contributed by atoms with Crippen LogP contribution < -0.4 is 5.32 Å². The number of nitrogens with zero attached hydrogens (tertiary/aromatic N) is 1. The van der Waals surface area contributed by atoms with Crippen LogP contribution in [0.1, 0.15) is 26.2 Å². The molecule has 2 aliphatic rings. The maximum absolute atomic E-state index is 12.2. The molecule has 2 rings (SSSR count). The highest BCUT2D eigenvalue weighted by atomic mass is 16.5. The molecule has 0 aromatic carbocycles. The fraction of sp³-hybridized carbons (Fsp3) is 0.917. The van der Waals surface area contributed by atoms with E-state index in [0.717, 1.165) is 19.3 Å². The minimum atomic E-state index is -0.222. The maximum atomic E-state index is 12.2. The van der Waals surface area contributed by atoms with Crippen molar-refractivity contribution < 1.29 is 14.6 Å². The summed E-state index contributed by atoms with van der Waals surface area (Å²) in [6.07, 6.45) is 3.06. The molecule has 1 atom stereocenters. The summed E-state index contributed by atoms with van der Waals surface area (Å²) in [5, 5.41) is 12.7. The number of amides is 1. The SMILES string of the molecule is CC(NC1(CO)CCC1)C(=O)N1CCOCC1. The number of ether oxygens (including phenoxy) is 1. The van der Waals surface area contributed by atoms with Gasteiger partial charge < -0.3 is 14.7 Å². The number of hydrogen-bond donors (Lipinski definition) is 2. The van der Waals surface area contributed by atoms with E-state index in [2.05, 4.69) is 5.32 Å². The van der Waals surface area contributed by atoms with Crippen LogP contribution in [-0.2, 0) is 9.53 Å². The van der Waals surface area contributed by atoms with Crippen molar-refractivity contribution in [2.45, 2.75) is 37.8 Å². The van der Waals surface area contributed by atoms with Crippen molar-refractivity contribution in [2.24, 2.45) is 0 Å². The van der Waals surface area contributed by atoms with E-state index in [0.29, 0.717) is 26.3 Å². The molecule has 0 spiro atoms. The van der Waals surface area contributed by atoms with E-state index in [1.54, 1.807) is 0 Å². The number of nitrogens with one attached hydrogen (secondary N) is 1. The number of carbonyl (C=O) groups excluding carboxylic acids is 1. The molecule has 2 N–H and O–H groups in total. The molecule has 1 amide bonds. The lowest BCUT2D eigenvalue weighted by Gasteiger charge is -2.43. The van der Waals surface area contributed by atoms with Gasteiger partial charge in [0.25, 0.3) is 0 Å². The Kier molecular flexibility index (Phi) is 4.01. The van der Waals surface area contributed by atoms with E-state index in [-0.39, 0.29) is 24.1 Å². The Morgan fingerprint density at radius 3 is 2.59 bits per heavy atom. The third-order valence-corrected chi connectivity index (χ3v) is 3.83. The second-order valence-corrected chi connectivity index (χ2v) is 5.10. The van der Waals surface area contributed by atoms with Crippen LogP contribution in [0.4, 0.5) is 0 Å². The number of aliphatic hydroxyl groups is 1. The van der Waals surface area contributed by atoms with Gasteiger partial charge in [0, 0.05) is 18.6 Å². The predicted molar refractivity (Wildman–Crippen MR) is 63.7 cm³/mol. The number of carbonyl (C=O) groups is 1. The van der Waals surface area contributed by atoms with E-state index in [1.807, 2.05) is 11.8 Å². The van der Waals surface area contributed by atoms with Gasteiger partial charge in [0.1, 0.15) is 0 Å². The minimum absolute atomic E-state index is 0.119. The van der Waals surface area contributed by atoms with Gasteiger partial charge in [-0.1, -0.05) is 0 Å². The standard InChI is InChI=1S/C12H22N2O3/c1-10(13-12(9-15)3-2-4-12)11(16)14-5-7-17-8-6-14/h10,13,15H,2-9H2,1H3. The third kappa shape index (κ3) is 2.78. The highest BCUT2D eigenvalue weighted by molar-refractivity contribution is 5.81. The van der Waals surface area contributed by atoms with Crippen LogP contribution in [0.3, 0.4) is 0 Å². The maximum Gasteiger partial charge on any atom is 0.239 e. The zero-order valence-electron chi connectivity index (χ0n) is 10.4. The highest BCUT2D eigenvalue weighted by Crippen LogP contribution is 2.31. The molecular formula is C12H22N2O3. The zero-order valence-corrected chi connectivity index (χ0v) is 10.4. The molecule has 0 aromatic rings. The molecule has 5 nitrogen and oxygen atoms in total. The molecule has 17 heavy (non-hydrogen) atoms. The normalized spacial score (nSPS) is 25.2. The quantitative estimate of drug-likeness (QED) is 0.713. The Balaban J connectivity index is 1.85. The van der Waals surface area contributed by atoms with Gasteiger partial charge >= 0.3 is 0 Å². The molecule has 1 aliphatic carbocycles. The van der Waals surface area contributed by atoms with Crippen LogP contribution in [-0.4, -0.2) is 60.4 Å². The molecule has 0 aromatic heterocycles. The van der Waals surface area contributed by atoms with Crippen LogP contribution in [0.15, 0.2) is 0 Å². The average molecular weight is 242 g/mol. The van der Waals surface area contributed by atoms with Crippen LogP contribution in [0.25, 0.3) is 0 Å². The van der Waals surface area contributed by atoms with Gasteiger partial charge in [-0.2, -0.15) is 0 Å². The fourth-order valence-electron chi connectivity index (χ4n) is 2.53. The van der Waals surface area contributed by atoms with Crippen molar-refractivity contribution in [2.75, 3.05) is 32.9 Å². The van der Waals surface area contributed by atoms with Crippen LogP contribution in [0.5, 0.6) is 0 Å². The highest BCUT2D eigenvalue weighted by Gasteiger charge is 2.39. The second-order valence-electron chi connectivity index (χ2n) is 5.10. The monoisotopic (exact) mass is 242 g/mol. The van der Waals surface area contributed by atoms with E-state index in [9.17, 15) is 9.90 Å². The largest absolute Gasteiger partial charge is 0.394 e. The van der Waals surface area contributed by atoms with Crippen molar-refractivity contribution >= 4 is 5.91 Å². The summed E-state index contributed by atoms with van der Waals surface area (Å²) in [7, 11) is 0. The first-order valence-corrected chi connectivity index (χ1v) is 6.42. The van der Waals surface area contributed by atoms with Crippen LogP contribution >= 0.6 is 0 Å². The van der Waals surface area contributed by atoms with Crippen molar-refractivity contribution in [1.82, 2.24) is 10.2 Å². The predicted octanol–water partition coefficient (Wildman–Crippen LogP) is -0.262.